The van der Waals surface area contributed by atoms with E-state index in [4.69, 9.17) is 4.74 Å². The summed E-state index contributed by atoms with van der Waals surface area (Å²) in [5.74, 6) is 2.39. The summed E-state index contributed by atoms with van der Waals surface area (Å²) in [6.07, 6.45) is 8.75. The van der Waals surface area contributed by atoms with Gasteiger partial charge in [0.1, 0.15) is 11.3 Å². The van der Waals surface area contributed by atoms with Gasteiger partial charge in [-0.05, 0) is 107 Å². The Balaban J connectivity index is 1.21. The molecule has 2 N–H and O–H groups in total. The number of ether oxygens (including phenoxy) is 1. The van der Waals surface area contributed by atoms with Gasteiger partial charge in [0.15, 0.2) is 0 Å². The molecule has 0 saturated carbocycles. The minimum absolute atomic E-state index is 0.0238. The number of benzene rings is 2. The maximum absolute atomic E-state index is 13.8. The first-order valence-electron chi connectivity index (χ1n) is 16.9. The molecule has 0 radical (unpaired) electrons. The van der Waals surface area contributed by atoms with Crippen LogP contribution in [0.4, 0.5) is 5.69 Å². The fraction of sp³-hybridized carbons (Fsp3) is 0.368. The second kappa shape index (κ2) is 12.8. The third-order valence-electron chi connectivity index (χ3n) is 9.92. The van der Waals surface area contributed by atoms with Crippen LogP contribution in [-0.4, -0.2) is 53.2 Å². The Morgan fingerprint density at radius 1 is 0.980 bits per heavy atom. The Labute approximate surface area is 287 Å². The Morgan fingerprint density at radius 3 is 2.39 bits per heavy atom. The molecular formula is C38H43N5O5S. The zero-order chi connectivity index (χ0) is 34.5. The van der Waals surface area contributed by atoms with Crippen molar-refractivity contribution in [1.82, 2.24) is 18.8 Å². The maximum Gasteiger partial charge on any atom is 0.275 e. The number of anilines is 1. The Hall–Kier alpha value is -4.45. The van der Waals surface area contributed by atoms with E-state index in [0.29, 0.717) is 33.7 Å². The third-order valence-corrected chi connectivity index (χ3v) is 11.6. The first-order valence-corrected chi connectivity index (χ1v) is 18.3. The van der Waals surface area contributed by atoms with Gasteiger partial charge in [-0.15, -0.1) is 0 Å². The van der Waals surface area contributed by atoms with Crippen LogP contribution in [0.3, 0.4) is 0 Å². The first-order chi connectivity index (χ1) is 23.4. The number of hydrogen-bond donors (Lipinski definition) is 2. The number of aliphatic hydroxyl groups is 1. The molecule has 0 amide bonds. The zero-order valence-corrected chi connectivity index (χ0v) is 29.2. The third kappa shape index (κ3) is 6.50. The molecule has 0 spiro atoms. The molecule has 3 aromatic heterocycles. The molecule has 10 nitrogen and oxygen atoms in total. The number of aromatic nitrogens is 3. The lowest BCUT2D eigenvalue weighted by molar-refractivity contribution is 0.0786. The van der Waals surface area contributed by atoms with Crippen molar-refractivity contribution < 1.29 is 18.3 Å². The van der Waals surface area contributed by atoms with Gasteiger partial charge in [-0.25, -0.2) is 17.4 Å². The van der Waals surface area contributed by atoms with Crippen molar-refractivity contribution in [1.29, 1.82) is 0 Å². The maximum atomic E-state index is 13.8. The molecule has 7 rings (SSSR count). The molecular weight excluding hydrogens is 639 g/mol. The van der Waals surface area contributed by atoms with Crippen molar-refractivity contribution in [2.24, 2.45) is 18.9 Å². The van der Waals surface area contributed by atoms with Crippen molar-refractivity contribution in [3.63, 3.8) is 0 Å². The number of fused-ring (bicyclic) bond motifs is 1. The van der Waals surface area contributed by atoms with E-state index in [0.717, 1.165) is 53.2 Å². The van der Waals surface area contributed by atoms with E-state index in [1.54, 1.807) is 57.4 Å². The largest absolute Gasteiger partial charge is 0.438 e. The summed E-state index contributed by atoms with van der Waals surface area (Å²) < 4.78 is 36.4. The Kier molecular flexibility index (Phi) is 8.62. The van der Waals surface area contributed by atoms with Crippen molar-refractivity contribution in [2.75, 3.05) is 31.1 Å². The normalized spacial score (nSPS) is 16.2. The first kappa shape index (κ1) is 33.1. The van der Waals surface area contributed by atoms with Gasteiger partial charge in [-0.2, -0.15) is 0 Å². The molecule has 5 aromatic rings. The number of aryl methyl sites for hydroxylation is 2. The lowest BCUT2D eigenvalue weighted by Crippen LogP contribution is -2.48. The summed E-state index contributed by atoms with van der Waals surface area (Å²) in [6.45, 7) is 9.61. The molecule has 2 aromatic carbocycles. The van der Waals surface area contributed by atoms with Gasteiger partial charge in [-0.3, -0.25) is 4.79 Å². The average molecular weight is 682 g/mol. The van der Waals surface area contributed by atoms with Crippen molar-refractivity contribution in [2.45, 2.75) is 50.5 Å². The summed E-state index contributed by atoms with van der Waals surface area (Å²) in [4.78, 5) is 20.6. The standard InChI is InChI=1S/C38H43N5O5S/c1-25-5-9-30(10-6-25)49(46,47)43-18-15-31-33(24-41(4)37(44)36(31)43)32-20-28(38(2,3)45)7-11-34(32)48-35-12-8-29(21-40-35)42-22-27(23-42)19-26-13-16-39-17-14-26/h5-12,15,18,20-21,24,26-27,39,45H,13-14,16-17,19,22-23H2,1-4H3. The molecule has 0 atom stereocenters. The molecule has 0 bridgehead atoms. The average Bonchev–Trinajstić information content (AvgIpc) is 3.52. The van der Waals surface area contributed by atoms with E-state index in [2.05, 4.69) is 15.2 Å². The predicted octanol–water partition coefficient (Wildman–Crippen LogP) is 5.79. The smallest absolute Gasteiger partial charge is 0.275 e. The monoisotopic (exact) mass is 681 g/mol. The van der Waals surface area contributed by atoms with E-state index in [9.17, 15) is 18.3 Å². The van der Waals surface area contributed by atoms with Crippen LogP contribution in [0.25, 0.3) is 22.0 Å². The summed E-state index contributed by atoms with van der Waals surface area (Å²) in [5, 5.41) is 14.8. The number of pyridine rings is 2. The minimum Gasteiger partial charge on any atom is -0.438 e. The highest BCUT2D eigenvalue weighted by molar-refractivity contribution is 7.90. The van der Waals surface area contributed by atoms with E-state index in [1.807, 2.05) is 31.3 Å². The Bertz CT molecular complexity index is 2150. The molecule has 5 heterocycles. The van der Waals surface area contributed by atoms with E-state index >= 15 is 0 Å². The molecule has 2 saturated heterocycles. The summed E-state index contributed by atoms with van der Waals surface area (Å²) in [6, 6.07) is 17.4. The minimum atomic E-state index is -4.07. The highest BCUT2D eigenvalue weighted by Gasteiger charge is 2.30. The van der Waals surface area contributed by atoms with Gasteiger partial charge < -0.3 is 24.6 Å². The number of nitrogens with one attached hydrogen (secondary N) is 1. The van der Waals surface area contributed by atoms with Crippen LogP contribution >= 0.6 is 0 Å². The molecule has 0 aliphatic carbocycles. The topological polar surface area (TPSA) is 119 Å². The molecule has 0 unspecified atom stereocenters. The fourth-order valence-corrected chi connectivity index (χ4v) is 8.38. The predicted molar refractivity (Wildman–Crippen MR) is 192 cm³/mol. The van der Waals surface area contributed by atoms with Gasteiger partial charge in [0.2, 0.25) is 5.88 Å². The number of hydrogen-bond acceptors (Lipinski definition) is 8. The van der Waals surface area contributed by atoms with Gasteiger partial charge in [-0.1, -0.05) is 23.8 Å². The quantitative estimate of drug-likeness (QED) is 0.201. The number of nitrogens with zero attached hydrogens (tertiary/aromatic N) is 4. The highest BCUT2D eigenvalue weighted by Crippen LogP contribution is 2.40. The molecule has 2 aliphatic heterocycles. The summed E-state index contributed by atoms with van der Waals surface area (Å²) in [5.41, 5.74) is 2.17. The zero-order valence-electron chi connectivity index (χ0n) is 28.4. The molecule has 11 heteroatoms. The van der Waals surface area contributed by atoms with Crippen LogP contribution in [0.2, 0.25) is 0 Å². The summed E-state index contributed by atoms with van der Waals surface area (Å²) in [7, 11) is -2.48. The van der Waals surface area contributed by atoms with Gasteiger partial charge in [0.25, 0.3) is 15.6 Å². The fourth-order valence-electron chi connectivity index (χ4n) is 7.03. The summed E-state index contributed by atoms with van der Waals surface area (Å²) >= 11 is 0. The lowest BCUT2D eigenvalue weighted by atomic mass is 9.84. The number of rotatable bonds is 9. The van der Waals surface area contributed by atoms with Crippen LogP contribution in [0.5, 0.6) is 11.6 Å². The molecule has 2 aliphatic rings. The second-order valence-corrected chi connectivity index (χ2v) is 15.9. The lowest BCUT2D eigenvalue weighted by Gasteiger charge is -2.43. The Morgan fingerprint density at radius 2 is 1.71 bits per heavy atom. The van der Waals surface area contributed by atoms with Gasteiger partial charge >= 0.3 is 0 Å². The van der Waals surface area contributed by atoms with Gasteiger partial charge in [0.05, 0.1) is 22.4 Å². The SMILES string of the molecule is Cc1ccc(S(=O)(=O)n2ccc3c(-c4cc(C(C)(C)O)ccc4Oc4ccc(N5CC(CC6CCNCC6)C5)cn4)cn(C)c(=O)c32)cc1. The van der Waals surface area contributed by atoms with Crippen molar-refractivity contribution in [3.8, 4) is 22.8 Å². The van der Waals surface area contributed by atoms with Crippen LogP contribution in [-0.2, 0) is 22.7 Å². The van der Waals surface area contributed by atoms with E-state index < -0.39 is 21.2 Å². The van der Waals surface area contributed by atoms with Crippen molar-refractivity contribution in [3.05, 3.63) is 101 Å². The van der Waals surface area contributed by atoms with E-state index in [1.165, 1.54) is 42.2 Å². The van der Waals surface area contributed by atoms with E-state index in [-0.39, 0.29) is 10.4 Å². The highest BCUT2D eigenvalue weighted by atomic mass is 32.2. The molecule has 49 heavy (non-hydrogen) atoms. The van der Waals surface area contributed by atoms with Crippen LogP contribution in [0.1, 0.15) is 44.2 Å². The molecule has 2 fully saturated rings. The van der Waals surface area contributed by atoms with Gasteiger partial charge in [0, 0.05) is 55.1 Å². The van der Waals surface area contributed by atoms with Crippen LogP contribution < -0.4 is 20.5 Å². The van der Waals surface area contributed by atoms with Crippen molar-refractivity contribution >= 4 is 26.6 Å². The van der Waals surface area contributed by atoms with Crippen LogP contribution in [0, 0.1) is 18.8 Å². The molecule has 256 valence electrons. The number of piperidine rings is 1. The second-order valence-electron chi connectivity index (χ2n) is 14.1. The van der Waals surface area contributed by atoms with Crippen LogP contribution in [0.15, 0.2) is 88.9 Å².